The Bertz CT molecular complexity index is 1010. The first-order valence-electron chi connectivity index (χ1n) is 8.87. The second-order valence-corrected chi connectivity index (χ2v) is 8.86. The zero-order valence-corrected chi connectivity index (χ0v) is 17.5. The maximum Gasteiger partial charge on any atom is 0.265 e. The lowest BCUT2D eigenvalue weighted by atomic mass is 10.1. The fourth-order valence-electron chi connectivity index (χ4n) is 2.85. The molecule has 10 heteroatoms. The molecule has 29 heavy (non-hydrogen) atoms. The number of aliphatic hydroxyl groups excluding tert-OH is 1. The predicted octanol–water partition coefficient (Wildman–Crippen LogP) is 1.83. The molecule has 0 spiro atoms. The Morgan fingerprint density at radius 3 is 2.83 bits per heavy atom. The van der Waals surface area contributed by atoms with Gasteiger partial charge >= 0.3 is 0 Å². The summed E-state index contributed by atoms with van der Waals surface area (Å²) in [4.78, 5) is 16.5. The second kappa shape index (κ2) is 8.66. The number of aromatic nitrogens is 1. The van der Waals surface area contributed by atoms with Crippen molar-refractivity contribution in [1.29, 1.82) is 0 Å². The van der Waals surface area contributed by atoms with E-state index in [2.05, 4.69) is 4.98 Å². The van der Waals surface area contributed by atoms with Gasteiger partial charge in [0.15, 0.2) is 17.4 Å². The van der Waals surface area contributed by atoms with E-state index < -0.39 is 22.2 Å². The van der Waals surface area contributed by atoms with Crippen LogP contribution in [0.1, 0.15) is 12.6 Å². The number of carbonyl (C=O) groups excluding carboxylic acids is 1. The highest BCUT2D eigenvalue weighted by atomic mass is 35.5. The molecule has 1 N–H and O–H groups in total. The number of hydrogen-bond acceptors (Lipinski definition) is 7. The van der Waals surface area contributed by atoms with Crippen LogP contribution < -0.4 is 9.04 Å². The molecule has 0 saturated carbocycles. The molecular formula is C19H21ClN2O6S. The van der Waals surface area contributed by atoms with Gasteiger partial charge in [0.1, 0.15) is 12.2 Å². The van der Waals surface area contributed by atoms with E-state index in [9.17, 15) is 18.3 Å². The number of methoxy groups -OCH3 is 1. The maximum atomic E-state index is 13.3. The zero-order chi connectivity index (χ0) is 21.2. The van der Waals surface area contributed by atoms with Crippen molar-refractivity contribution in [1.82, 2.24) is 4.98 Å². The molecule has 1 aromatic heterocycles. The van der Waals surface area contributed by atoms with Crippen LogP contribution in [-0.4, -0.2) is 56.8 Å². The minimum atomic E-state index is -4.02. The van der Waals surface area contributed by atoms with Gasteiger partial charge in [-0.3, -0.25) is 4.79 Å². The smallest absolute Gasteiger partial charge is 0.265 e. The number of halogens is 1. The van der Waals surface area contributed by atoms with Crippen LogP contribution in [0.5, 0.6) is 5.75 Å². The van der Waals surface area contributed by atoms with Crippen LogP contribution in [0.4, 0.5) is 5.82 Å². The van der Waals surface area contributed by atoms with Crippen LogP contribution in [-0.2, 0) is 26.0 Å². The summed E-state index contributed by atoms with van der Waals surface area (Å²) in [6, 6.07) is 9.01. The number of ketones is 1. The number of sulfonamides is 1. The lowest BCUT2D eigenvalue weighted by Gasteiger charge is -2.34. The molecule has 0 fully saturated rings. The lowest BCUT2D eigenvalue weighted by Crippen LogP contribution is -2.45. The molecule has 1 aliphatic rings. The molecule has 1 aromatic carbocycles. The summed E-state index contributed by atoms with van der Waals surface area (Å²) in [6.45, 7) is 1.13. The van der Waals surface area contributed by atoms with Gasteiger partial charge in [-0.15, -0.1) is 0 Å². The van der Waals surface area contributed by atoms with Crippen molar-refractivity contribution >= 4 is 33.2 Å². The van der Waals surface area contributed by atoms with E-state index in [0.717, 1.165) is 4.31 Å². The third-order valence-electron chi connectivity index (χ3n) is 4.55. The standard InChI is InChI=1S/C19H21ClN2O6S/c1-12(27-2)17(24)9-14-6-7-18-19(21-14)22(10-15(11-23)28-18)29(25,26)16-5-3-4-13(20)8-16/h3-8,12,15,23H,9-11H2,1-2H3/t12-,15-/m1/s1. The van der Waals surface area contributed by atoms with Crippen molar-refractivity contribution in [3.63, 3.8) is 0 Å². The number of benzene rings is 1. The molecule has 0 bridgehead atoms. The van der Waals surface area contributed by atoms with E-state index in [1.165, 1.54) is 25.3 Å². The van der Waals surface area contributed by atoms with E-state index >= 15 is 0 Å². The van der Waals surface area contributed by atoms with Crippen LogP contribution >= 0.6 is 11.6 Å². The summed E-state index contributed by atoms with van der Waals surface area (Å²) in [6.07, 6.45) is -1.37. The van der Waals surface area contributed by atoms with Crippen LogP contribution in [0.25, 0.3) is 0 Å². The first kappa shape index (κ1) is 21.5. The largest absolute Gasteiger partial charge is 0.482 e. The van der Waals surface area contributed by atoms with Gasteiger partial charge in [0.05, 0.1) is 30.2 Å². The Labute approximate surface area is 174 Å². The van der Waals surface area contributed by atoms with E-state index in [1.54, 1.807) is 25.1 Å². The van der Waals surface area contributed by atoms with Crippen molar-refractivity contribution in [2.45, 2.75) is 30.4 Å². The predicted molar refractivity (Wildman–Crippen MR) is 107 cm³/mol. The molecule has 2 aromatic rings. The van der Waals surface area contributed by atoms with Gasteiger partial charge in [-0.05, 0) is 37.3 Å². The molecule has 2 heterocycles. The van der Waals surface area contributed by atoms with Crippen molar-refractivity contribution in [3.05, 3.63) is 47.1 Å². The topological polar surface area (TPSA) is 106 Å². The van der Waals surface area contributed by atoms with Gasteiger partial charge in [0, 0.05) is 12.1 Å². The van der Waals surface area contributed by atoms with Crippen LogP contribution in [0, 0.1) is 0 Å². The molecule has 0 radical (unpaired) electrons. The number of Topliss-reactive ketones (excluding diaryl/α,β-unsaturated/α-hetero) is 1. The number of carbonyl (C=O) groups is 1. The Hall–Kier alpha value is -2.20. The zero-order valence-electron chi connectivity index (χ0n) is 15.9. The minimum Gasteiger partial charge on any atom is -0.482 e. The minimum absolute atomic E-state index is 0.00850. The lowest BCUT2D eigenvalue weighted by molar-refractivity contribution is -0.127. The van der Waals surface area contributed by atoms with Crippen molar-refractivity contribution in [2.75, 3.05) is 24.6 Å². The van der Waals surface area contributed by atoms with Crippen LogP contribution in [0.2, 0.25) is 5.02 Å². The van der Waals surface area contributed by atoms with Crippen molar-refractivity contribution in [2.24, 2.45) is 0 Å². The molecule has 2 atom stereocenters. The fourth-order valence-corrected chi connectivity index (χ4v) is 4.60. The van der Waals surface area contributed by atoms with Gasteiger partial charge < -0.3 is 14.6 Å². The Kier molecular flexibility index (Phi) is 6.42. The Morgan fingerprint density at radius 2 is 2.17 bits per heavy atom. The third kappa shape index (κ3) is 4.53. The summed E-state index contributed by atoms with van der Waals surface area (Å²) in [5.74, 6) is 0.0797. The van der Waals surface area contributed by atoms with Gasteiger partial charge in [-0.25, -0.2) is 17.7 Å². The van der Waals surface area contributed by atoms with Gasteiger partial charge in [-0.1, -0.05) is 17.7 Å². The van der Waals surface area contributed by atoms with Crippen molar-refractivity contribution < 1.29 is 27.8 Å². The molecule has 0 saturated heterocycles. The second-order valence-electron chi connectivity index (χ2n) is 6.56. The van der Waals surface area contributed by atoms with Gasteiger partial charge in [0.25, 0.3) is 10.0 Å². The van der Waals surface area contributed by atoms with E-state index in [4.69, 9.17) is 21.1 Å². The quantitative estimate of drug-likeness (QED) is 0.700. The average molecular weight is 441 g/mol. The number of hydrogen-bond donors (Lipinski definition) is 1. The summed E-state index contributed by atoms with van der Waals surface area (Å²) in [5, 5.41) is 9.81. The molecule has 1 aliphatic heterocycles. The van der Waals surface area contributed by atoms with E-state index in [1.807, 2.05) is 0 Å². The van der Waals surface area contributed by atoms with Gasteiger partial charge in [0.2, 0.25) is 0 Å². The van der Waals surface area contributed by atoms with E-state index in [-0.39, 0.29) is 46.8 Å². The molecule has 8 nitrogen and oxygen atoms in total. The molecular weight excluding hydrogens is 420 g/mol. The summed E-state index contributed by atoms with van der Waals surface area (Å²) >= 11 is 5.96. The van der Waals surface area contributed by atoms with Crippen molar-refractivity contribution in [3.8, 4) is 5.75 Å². The van der Waals surface area contributed by atoms with Gasteiger partial charge in [-0.2, -0.15) is 0 Å². The normalized spacial score (nSPS) is 17.4. The SMILES string of the molecule is CO[C@H](C)C(=O)Cc1ccc2c(n1)N(S(=O)(=O)c1cccc(Cl)c1)C[C@H](CO)O2. The number of pyridine rings is 1. The molecule has 0 aliphatic carbocycles. The molecule has 0 unspecified atom stereocenters. The highest BCUT2D eigenvalue weighted by Crippen LogP contribution is 2.36. The Balaban J connectivity index is 2.03. The maximum absolute atomic E-state index is 13.3. The van der Waals surface area contributed by atoms with E-state index in [0.29, 0.717) is 5.69 Å². The summed E-state index contributed by atoms with van der Waals surface area (Å²) in [7, 11) is -2.59. The molecule has 3 rings (SSSR count). The van der Waals surface area contributed by atoms with Crippen LogP contribution in [0.3, 0.4) is 0 Å². The Morgan fingerprint density at radius 1 is 1.41 bits per heavy atom. The average Bonchev–Trinajstić information content (AvgIpc) is 2.72. The number of anilines is 1. The monoisotopic (exact) mass is 440 g/mol. The third-order valence-corrected chi connectivity index (χ3v) is 6.53. The number of nitrogens with zero attached hydrogens (tertiary/aromatic N) is 2. The summed E-state index contributed by atoms with van der Waals surface area (Å²) in [5.41, 5.74) is 0.384. The number of aliphatic hydroxyl groups is 1. The number of fused-ring (bicyclic) bond motifs is 1. The number of rotatable bonds is 7. The first-order chi connectivity index (χ1) is 13.8. The summed E-state index contributed by atoms with van der Waals surface area (Å²) < 4.78 is 38.2. The molecule has 0 amide bonds. The highest BCUT2D eigenvalue weighted by Gasteiger charge is 2.36. The van der Waals surface area contributed by atoms with Crippen LogP contribution in [0.15, 0.2) is 41.3 Å². The highest BCUT2D eigenvalue weighted by molar-refractivity contribution is 7.92. The molecule has 156 valence electrons. The first-order valence-corrected chi connectivity index (χ1v) is 10.7. The number of ether oxygens (including phenoxy) is 2. The fraction of sp³-hybridized carbons (Fsp3) is 0.368.